The molecule has 0 atom stereocenters. The first kappa shape index (κ1) is 13.3. The van der Waals surface area contributed by atoms with Crippen LogP contribution in [0.3, 0.4) is 0 Å². The molecular formula is C12H17F2NS. The van der Waals surface area contributed by atoms with Crippen molar-refractivity contribution in [2.24, 2.45) is 0 Å². The van der Waals surface area contributed by atoms with Gasteiger partial charge in [-0.05, 0) is 24.3 Å². The second kappa shape index (κ2) is 6.74. The van der Waals surface area contributed by atoms with Crippen molar-refractivity contribution in [3.63, 3.8) is 0 Å². The van der Waals surface area contributed by atoms with Crippen molar-refractivity contribution in [3.05, 3.63) is 23.8 Å². The Kier molecular flexibility index (Phi) is 5.60. The standard InChI is InChI=1S/C12H17F2NS/c1-2-3-4-5-6-16-12-10(13)7-9(15)8-11(12)14/h7-8H,2-6,15H2,1H3. The molecule has 0 saturated carbocycles. The molecule has 0 aliphatic rings. The number of rotatable bonds is 6. The molecule has 0 aliphatic carbocycles. The van der Waals surface area contributed by atoms with Gasteiger partial charge in [0, 0.05) is 5.69 Å². The van der Waals surface area contributed by atoms with E-state index >= 15 is 0 Å². The zero-order valence-corrected chi connectivity index (χ0v) is 10.2. The van der Waals surface area contributed by atoms with Crippen molar-refractivity contribution < 1.29 is 8.78 Å². The number of unbranched alkanes of at least 4 members (excludes halogenated alkanes) is 3. The Bertz CT molecular complexity index is 319. The molecule has 2 N–H and O–H groups in total. The zero-order valence-electron chi connectivity index (χ0n) is 9.43. The van der Waals surface area contributed by atoms with Gasteiger partial charge < -0.3 is 5.73 Å². The van der Waals surface area contributed by atoms with Crippen molar-refractivity contribution in [1.29, 1.82) is 0 Å². The molecule has 1 nitrogen and oxygen atoms in total. The minimum Gasteiger partial charge on any atom is -0.399 e. The highest BCUT2D eigenvalue weighted by molar-refractivity contribution is 7.99. The normalized spacial score (nSPS) is 10.7. The molecule has 1 aromatic carbocycles. The summed E-state index contributed by atoms with van der Waals surface area (Å²) in [5.74, 6) is -0.367. The van der Waals surface area contributed by atoms with Gasteiger partial charge in [-0.2, -0.15) is 0 Å². The lowest BCUT2D eigenvalue weighted by atomic mass is 10.2. The number of hydrogen-bond acceptors (Lipinski definition) is 2. The van der Waals surface area contributed by atoms with Gasteiger partial charge in [-0.25, -0.2) is 8.78 Å². The first-order chi connectivity index (χ1) is 7.65. The Morgan fingerprint density at radius 3 is 2.31 bits per heavy atom. The second-order valence-corrected chi connectivity index (χ2v) is 4.83. The first-order valence-corrected chi connectivity index (χ1v) is 6.51. The molecule has 0 bridgehead atoms. The molecule has 0 radical (unpaired) electrons. The summed E-state index contributed by atoms with van der Waals surface area (Å²) >= 11 is 1.23. The molecule has 0 heterocycles. The third kappa shape index (κ3) is 4.00. The van der Waals surface area contributed by atoms with Crippen LogP contribution >= 0.6 is 11.8 Å². The van der Waals surface area contributed by atoms with Crippen LogP contribution < -0.4 is 5.73 Å². The minimum atomic E-state index is -0.557. The topological polar surface area (TPSA) is 26.0 Å². The first-order valence-electron chi connectivity index (χ1n) is 5.52. The van der Waals surface area contributed by atoms with Crippen LogP contribution in [0.5, 0.6) is 0 Å². The maximum Gasteiger partial charge on any atom is 0.141 e. The Balaban J connectivity index is 2.47. The molecule has 0 aliphatic heterocycles. The Morgan fingerprint density at radius 1 is 1.12 bits per heavy atom. The van der Waals surface area contributed by atoms with Crippen molar-refractivity contribution >= 4 is 17.4 Å². The third-order valence-electron chi connectivity index (χ3n) is 2.26. The van der Waals surface area contributed by atoms with E-state index in [1.807, 2.05) is 0 Å². The lowest BCUT2D eigenvalue weighted by molar-refractivity contribution is 0.541. The molecule has 1 aromatic rings. The highest BCUT2D eigenvalue weighted by Crippen LogP contribution is 2.28. The molecule has 16 heavy (non-hydrogen) atoms. The predicted molar refractivity (Wildman–Crippen MR) is 65.6 cm³/mol. The minimum absolute atomic E-state index is 0.0886. The molecular weight excluding hydrogens is 228 g/mol. The Hall–Kier alpha value is -0.770. The van der Waals surface area contributed by atoms with Gasteiger partial charge in [0.05, 0.1) is 4.90 Å². The molecule has 0 aromatic heterocycles. The molecule has 4 heteroatoms. The number of halogens is 2. The summed E-state index contributed by atoms with van der Waals surface area (Å²) < 4.78 is 26.7. The summed E-state index contributed by atoms with van der Waals surface area (Å²) in [6.07, 6.45) is 4.44. The summed E-state index contributed by atoms with van der Waals surface area (Å²) in [6.45, 7) is 2.13. The number of nitrogens with two attached hydrogens (primary N) is 1. The summed E-state index contributed by atoms with van der Waals surface area (Å²) in [6, 6.07) is 2.33. The average molecular weight is 245 g/mol. The van der Waals surface area contributed by atoms with Gasteiger partial charge in [0.15, 0.2) is 0 Å². The second-order valence-electron chi connectivity index (χ2n) is 3.72. The quantitative estimate of drug-likeness (QED) is 0.461. The molecule has 0 spiro atoms. The average Bonchev–Trinajstić information content (AvgIpc) is 2.20. The third-order valence-corrected chi connectivity index (χ3v) is 3.44. The van der Waals surface area contributed by atoms with Crippen LogP contribution in [-0.4, -0.2) is 5.75 Å². The van der Waals surface area contributed by atoms with Crippen molar-refractivity contribution in [2.45, 2.75) is 37.5 Å². The summed E-state index contributed by atoms with van der Waals surface area (Å²) in [5, 5.41) is 0. The van der Waals surface area contributed by atoms with E-state index in [2.05, 4.69) is 6.92 Å². The van der Waals surface area contributed by atoms with Gasteiger partial charge in [-0.15, -0.1) is 11.8 Å². The van der Waals surface area contributed by atoms with E-state index in [0.29, 0.717) is 0 Å². The van der Waals surface area contributed by atoms with Crippen LogP contribution in [0, 0.1) is 11.6 Å². The van der Waals surface area contributed by atoms with Crippen molar-refractivity contribution in [1.82, 2.24) is 0 Å². The SMILES string of the molecule is CCCCCCSc1c(F)cc(N)cc1F. The van der Waals surface area contributed by atoms with Crippen LogP contribution in [0.15, 0.2) is 17.0 Å². The van der Waals surface area contributed by atoms with Crippen LogP contribution in [0.2, 0.25) is 0 Å². The maximum atomic E-state index is 13.3. The molecule has 1 rings (SSSR count). The smallest absolute Gasteiger partial charge is 0.141 e. The molecule has 0 fully saturated rings. The Morgan fingerprint density at radius 2 is 1.75 bits per heavy atom. The predicted octanol–water partition coefficient (Wildman–Crippen LogP) is 4.22. The highest BCUT2D eigenvalue weighted by Gasteiger charge is 2.10. The van der Waals surface area contributed by atoms with Crippen molar-refractivity contribution in [3.8, 4) is 0 Å². The van der Waals surface area contributed by atoms with Gasteiger partial charge in [-0.3, -0.25) is 0 Å². The molecule has 90 valence electrons. The van der Waals surface area contributed by atoms with Gasteiger partial charge in [0.1, 0.15) is 11.6 Å². The fourth-order valence-corrected chi connectivity index (χ4v) is 2.37. The largest absolute Gasteiger partial charge is 0.399 e. The fraction of sp³-hybridized carbons (Fsp3) is 0.500. The van der Waals surface area contributed by atoms with E-state index in [1.54, 1.807) is 0 Å². The maximum absolute atomic E-state index is 13.3. The number of benzene rings is 1. The van der Waals surface area contributed by atoms with Crippen LogP contribution in [-0.2, 0) is 0 Å². The Labute approximate surface area is 99.4 Å². The van der Waals surface area contributed by atoms with Crippen LogP contribution in [0.1, 0.15) is 32.6 Å². The fourth-order valence-electron chi connectivity index (χ4n) is 1.42. The molecule has 0 unspecified atom stereocenters. The van der Waals surface area contributed by atoms with E-state index in [1.165, 1.54) is 18.2 Å². The number of anilines is 1. The van der Waals surface area contributed by atoms with Gasteiger partial charge >= 0.3 is 0 Å². The monoisotopic (exact) mass is 245 g/mol. The van der Waals surface area contributed by atoms with Crippen LogP contribution in [0.25, 0.3) is 0 Å². The molecule has 0 saturated heterocycles. The zero-order chi connectivity index (χ0) is 12.0. The van der Waals surface area contributed by atoms with Crippen LogP contribution in [0.4, 0.5) is 14.5 Å². The van der Waals surface area contributed by atoms with Gasteiger partial charge in [0.2, 0.25) is 0 Å². The number of thioether (sulfide) groups is 1. The van der Waals surface area contributed by atoms with E-state index < -0.39 is 11.6 Å². The van der Waals surface area contributed by atoms with Crippen molar-refractivity contribution in [2.75, 3.05) is 11.5 Å². The lowest BCUT2D eigenvalue weighted by Crippen LogP contribution is -1.94. The van der Waals surface area contributed by atoms with E-state index in [-0.39, 0.29) is 10.6 Å². The van der Waals surface area contributed by atoms with E-state index in [0.717, 1.165) is 37.1 Å². The highest BCUT2D eigenvalue weighted by atomic mass is 32.2. The van der Waals surface area contributed by atoms with E-state index in [9.17, 15) is 8.78 Å². The van der Waals surface area contributed by atoms with Gasteiger partial charge in [-0.1, -0.05) is 26.2 Å². The summed E-state index contributed by atoms with van der Waals surface area (Å²) in [4.78, 5) is 0.0886. The summed E-state index contributed by atoms with van der Waals surface area (Å²) in [7, 11) is 0. The number of nitrogen functional groups attached to an aromatic ring is 1. The lowest BCUT2D eigenvalue weighted by Gasteiger charge is -2.05. The molecule has 0 amide bonds. The van der Waals surface area contributed by atoms with E-state index in [4.69, 9.17) is 5.73 Å². The number of hydrogen-bond donors (Lipinski definition) is 1. The van der Waals surface area contributed by atoms with Gasteiger partial charge in [0.25, 0.3) is 0 Å². The summed E-state index contributed by atoms with van der Waals surface area (Å²) in [5.41, 5.74) is 5.46.